The van der Waals surface area contributed by atoms with E-state index < -0.39 is 24.5 Å². The third-order valence-corrected chi connectivity index (χ3v) is 5.82. The van der Waals surface area contributed by atoms with Gasteiger partial charge in [-0.25, -0.2) is 0 Å². The van der Waals surface area contributed by atoms with Crippen LogP contribution >= 0.6 is 0 Å². The number of nitrogens with zero attached hydrogens (tertiary/aromatic N) is 3. The molecule has 0 radical (unpaired) electrons. The van der Waals surface area contributed by atoms with Gasteiger partial charge in [0.05, 0.1) is 18.2 Å². The molecule has 0 N–H and O–H groups in total. The zero-order valence-electron chi connectivity index (χ0n) is 19.3. The Morgan fingerprint density at radius 3 is 2.55 bits per heavy atom. The van der Waals surface area contributed by atoms with E-state index in [1.165, 1.54) is 5.56 Å². The van der Waals surface area contributed by atoms with Crippen LogP contribution in [0.4, 0.5) is 0 Å². The van der Waals surface area contributed by atoms with Crippen LogP contribution in [0.1, 0.15) is 26.3 Å². The molecule has 1 aliphatic rings. The predicted octanol–water partition coefficient (Wildman–Crippen LogP) is 4.50. The van der Waals surface area contributed by atoms with Gasteiger partial charge in [-0.2, -0.15) is 0 Å². The van der Waals surface area contributed by atoms with Gasteiger partial charge in [0.1, 0.15) is 12.9 Å². The summed E-state index contributed by atoms with van der Waals surface area (Å²) in [6.07, 6.45) is 1.54. The molecular weight excluding hydrogens is 398 g/mol. The molecule has 0 bridgehead atoms. The highest BCUT2D eigenvalue weighted by atomic mass is 16.7. The summed E-state index contributed by atoms with van der Waals surface area (Å²) in [6.45, 7) is 6.16. The highest BCUT2D eigenvalue weighted by molar-refractivity contribution is 5.18. The fourth-order valence-corrected chi connectivity index (χ4v) is 4.14. The average molecular weight is 434 g/mol. The van der Waals surface area contributed by atoms with Crippen LogP contribution in [0.2, 0.25) is 0 Å². The minimum atomic E-state index is -0.482. The van der Waals surface area contributed by atoms with Crippen LogP contribution < -0.4 is 0 Å². The van der Waals surface area contributed by atoms with Crippen molar-refractivity contribution in [3.63, 3.8) is 0 Å². The summed E-state index contributed by atoms with van der Waals surface area (Å²) in [5, 5.41) is 3.98. The molecule has 0 spiro atoms. The molecule has 1 aromatic carbocycles. The minimum Gasteiger partial charge on any atom is -0.381 e. The third-order valence-electron chi connectivity index (χ3n) is 5.82. The predicted molar refractivity (Wildman–Crippen MR) is 118 cm³/mol. The smallest absolute Gasteiger partial charge is 0.160 e. The van der Waals surface area contributed by atoms with Crippen molar-refractivity contribution in [3.05, 3.63) is 58.0 Å². The van der Waals surface area contributed by atoms with E-state index in [-0.39, 0.29) is 24.7 Å². The summed E-state index contributed by atoms with van der Waals surface area (Å²) in [6, 6.07) is 9.85. The lowest BCUT2D eigenvalue weighted by molar-refractivity contribution is -0.166. The number of benzene rings is 1. The van der Waals surface area contributed by atoms with Gasteiger partial charge in [-0.05, 0) is 30.0 Å². The number of hydrogen-bond donors (Lipinski definition) is 0. The Balaban J connectivity index is 2.24. The van der Waals surface area contributed by atoms with Gasteiger partial charge in [0.2, 0.25) is 0 Å². The first-order valence-corrected chi connectivity index (χ1v) is 10.5. The van der Waals surface area contributed by atoms with Gasteiger partial charge < -0.3 is 23.7 Å². The van der Waals surface area contributed by atoms with Gasteiger partial charge in [0, 0.05) is 38.1 Å². The van der Waals surface area contributed by atoms with Crippen LogP contribution in [0.3, 0.4) is 0 Å². The number of methoxy groups -OCH3 is 3. The van der Waals surface area contributed by atoms with Crippen molar-refractivity contribution < 1.29 is 23.7 Å². The fourth-order valence-electron chi connectivity index (χ4n) is 4.14. The molecule has 1 aliphatic heterocycles. The van der Waals surface area contributed by atoms with Crippen molar-refractivity contribution in [2.75, 3.05) is 28.1 Å². The van der Waals surface area contributed by atoms with Crippen LogP contribution in [0.5, 0.6) is 0 Å². The third kappa shape index (κ3) is 6.77. The standard InChI is InChI=1S/C23H35N3O5/c1-15(19(28-5)13-18-10-8-7-9-11-18)12-16(2)21(30-14-27-4)22-20(25-26-24)17(3)23(29-6)31-22/h7-12,15,17,19-23H,13-14H2,1-6H3/b16-12+/t15-,17-,19-,20+,21+,22-,23-/m0/s1. The fraction of sp³-hybridized carbons (Fsp3) is 0.652. The Bertz CT molecular complexity index is 738. The topological polar surface area (TPSA) is 94.9 Å². The Labute approximate surface area is 185 Å². The molecule has 2 rings (SSSR count). The van der Waals surface area contributed by atoms with E-state index in [4.69, 9.17) is 29.2 Å². The van der Waals surface area contributed by atoms with Crippen LogP contribution in [0.15, 0.2) is 47.1 Å². The molecule has 172 valence electrons. The lowest BCUT2D eigenvalue weighted by Crippen LogP contribution is -2.38. The highest BCUT2D eigenvalue weighted by Crippen LogP contribution is 2.35. The number of azide groups is 1. The second-order valence-corrected chi connectivity index (χ2v) is 7.99. The van der Waals surface area contributed by atoms with Crippen LogP contribution in [-0.4, -0.2) is 58.8 Å². The van der Waals surface area contributed by atoms with Crippen LogP contribution in [0.25, 0.3) is 10.4 Å². The van der Waals surface area contributed by atoms with Gasteiger partial charge in [-0.3, -0.25) is 0 Å². The summed E-state index contributed by atoms with van der Waals surface area (Å²) in [7, 11) is 4.88. The summed E-state index contributed by atoms with van der Waals surface area (Å²) < 4.78 is 28.5. The Kier molecular flexibility index (Phi) is 10.5. The van der Waals surface area contributed by atoms with Crippen LogP contribution in [0, 0.1) is 11.8 Å². The minimum absolute atomic E-state index is 0.00324. The molecule has 7 atom stereocenters. The van der Waals surface area contributed by atoms with E-state index in [0.29, 0.717) is 0 Å². The summed E-state index contributed by atoms with van der Waals surface area (Å²) in [4.78, 5) is 3.02. The van der Waals surface area contributed by atoms with Crippen LogP contribution in [-0.2, 0) is 30.1 Å². The maximum atomic E-state index is 9.07. The SMILES string of the molecule is COCO[C@H](/C(C)=C/[C@H](C)[C@H](Cc1ccccc1)OC)[C@H]1O[C@H](OC)[C@@H](C)[C@H]1N=[N+]=[N-]. The molecule has 1 heterocycles. The maximum Gasteiger partial charge on any atom is 0.160 e. The van der Waals surface area contributed by atoms with Gasteiger partial charge in [0.15, 0.2) is 6.29 Å². The van der Waals surface area contributed by atoms with E-state index in [1.54, 1.807) is 21.3 Å². The molecule has 0 amide bonds. The van der Waals surface area contributed by atoms with Crippen molar-refractivity contribution in [1.82, 2.24) is 0 Å². The van der Waals surface area contributed by atoms with Crippen molar-refractivity contribution in [2.24, 2.45) is 17.0 Å². The van der Waals surface area contributed by atoms with E-state index in [2.05, 4.69) is 35.2 Å². The van der Waals surface area contributed by atoms with Crippen molar-refractivity contribution in [2.45, 2.75) is 57.8 Å². The van der Waals surface area contributed by atoms with E-state index in [1.807, 2.05) is 32.0 Å². The largest absolute Gasteiger partial charge is 0.381 e. The zero-order chi connectivity index (χ0) is 22.8. The molecular formula is C23H35N3O5. The maximum absolute atomic E-state index is 9.07. The number of ether oxygens (including phenoxy) is 5. The number of rotatable bonds is 12. The second-order valence-electron chi connectivity index (χ2n) is 7.99. The summed E-state index contributed by atoms with van der Waals surface area (Å²) >= 11 is 0. The second kappa shape index (κ2) is 12.8. The monoisotopic (exact) mass is 433 g/mol. The van der Waals surface area contributed by atoms with E-state index in [0.717, 1.165) is 12.0 Å². The normalized spacial score (nSPS) is 26.8. The highest BCUT2D eigenvalue weighted by Gasteiger charge is 2.46. The lowest BCUT2D eigenvalue weighted by Gasteiger charge is -2.29. The average Bonchev–Trinajstić information content (AvgIpc) is 3.08. The molecule has 0 saturated carbocycles. The van der Waals surface area contributed by atoms with Gasteiger partial charge >= 0.3 is 0 Å². The molecule has 0 aliphatic carbocycles. The number of hydrogen-bond acceptors (Lipinski definition) is 6. The molecule has 1 fully saturated rings. The quantitative estimate of drug-likeness (QED) is 0.159. The first-order chi connectivity index (χ1) is 15.0. The Morgan fingerprint density at radius 2 is 1.97 bits per heavy atom. The van der Waals surface area contributed by atoms with Gasteiger partial charge in [-0.15, -0.1) is 0 Å². The molecule has 0 unspecified atom stereocenters. The first kappa shape index (κ1) is 25.3. The molecule has 1 saturated heterocycles. The molecule has 8 heteroatoms. The summed E-state index contributed by atoms with van der Waals surface area (Å²) in [5.74, 6) is 0.0170. The van der Waals surface area contributed by atoms with Gasteiger partial charge in [-0.1, -0.05) is 55.4 Å². The Hall–Kier alpha value is -1.93. The molecule has 8 nitrogen and oxygen atoms in total. The molecule has 0 aromatic heterocycles. The van der Waals surface area contributed by atoms with Crippen molar-refractivity contribution >= 4 is 0 Å². The van der Waals surface area contributed by atoms with Crippen molar-refractivity contribution in [1.29, 1.82) is 0 Å². The van der Waals surface area contributed by atoms with E-state index in [9.17, 15) is 0 Å². The molecule has 31 heavy (non-hydrogen) atoms. The van der Waals surface area contributed by atoms with Crippen molar-refractivity contribution in [3.8, 4) is 0 Å². The lowest BCUT2D eigenvalue weighted by atomic mass is 9.90. The first-order valence-electron chi connectivity index (χ1n) is 10.5. The van der Waals surface area contributed by atoms with Gasteiger partial charge in [0.25, 0.3) is 0 Å². The Morgan fingerprint density at radius 1 is 1.26 bits per heavy atom. The zero-order valence-corrected chi connectivity index (χ0v) is 19.3. The molecule has 1 aromatic rings. The summed E-state index contributed by atoms with van der Waals surface area (Å²) in [5.41, 5.74) is 11.3. The van der Waals surface area contributed by atoms with E-state index >= 15 is 0 Å².